The van der Waals surface area contributed by atoms with Gasteiger partial charge in [-0.25, -0.2) is 4.79 Å². The highest BCUT2D eigenvalue weighted by Gasteiger charge is 2.14. The molecule has 0 saturated heterocycles. The molecule has 5 heteroatoms. The molecule has 0 fully saturated rings. The van der Waals surface area contributed by atoms with Gasteiger partial charge in [-0.05, 0) is 30.5 Å². The molecule has 1 amide bonds. The third kappa shape index (κ3) is 4.28. The Balaban J connectivity index is 2.63. The van der Waals surface area contributed by atoms with Crippen molar-refractivity contribution < 1.29 is 19.1 Å². The second kappa shape index (κ2) is 7.41. The van der Waals surface area contributed by atoms with E-state index in [1.54, 1.807) is 14.0 Å². The number of aryl methyl sites for hydroxylation is 1. The van der Waals surface area contributed by atoms with Crippen LogP contribution < -0.4 is 10.1 Å². The first kappa shape index (κ1) is 15.0. The average molecular weight is 265 g/mol. The summed E-state index contributed by atoms with van der Waals surface area (Å²) in [6.07, 6.45) is 0.836. The van der Waals surface area contributed by atoms with Crippen LogP contribution in [0.1, 0.15) is 25.0 Å². The Labute approximate surface area is 112 Å². The van der Waals surface area contributed by atoms with Gasteiger partial charge in [0.1, 0.15) is 5.75 Å². The normalized spacial score (nSPS) is 9.84. The number of hydrogen-bond acceptors (Lipinski definition) is 4. The topological polar surface area (TPSA) is 64.6 Å². The number of carbonyl (C=O) groups excluding carboxylic acids is 2. The van der Waals surface area contributed by atoms with Gasteiger partial charge in [0.25, 0.3) is 0 Å². The van der Waals surface area contributed by atoms with Crippen LogP contribution in [0.25, 0.3) is 0 Å². The third-order valence-corrected chi connectivity index (χ3v) is 2.64. The molecule has 0 unspecified atom stereocenters. The fourth-order valence-electron chi connectivity index (χ4n) is 1.67. The van der Waals surface area contributed by atoms with Gasteiger partial charge in [0, 0.05) is 6.54 Å². The van der Waals surface area contributed by atoms with E-state index in [1.807, 2.05) is 25.1 Å². The number of esters is 1. The SMILES string of the molecule is CCOC(=O)C(=O)NCc1ccc(OC)c(CC)c1. The average Bonchev–Trinajstić information content (AvgIpc) is 2.44. The lowest BCUT2D eigenvalue weighted by Gasteiger charge is -2.10. The third-order valence-electron chi connectivity index (χ3n) is 2.64. The molecule has 0 spiro atoms. The predicted octanol–water partition coefficient (Wildman–Crippen LogP) is 1.44. The molecule has 1 aromatic rings. The summed E-state index contributed by atoms with van der Waals surface area (Å²) in [5, 5.41) is 2.52. The molecule has 19 heavy (non-hydrogen) atoms. The van der Waals surface area contributed by atoms with Gasteiger partial charge in [-0.15, -0.1) is 0 Å². The van der Waals surface area contributed by atoms with Gasteiger partial charge >= 0.3 is 11.9 Å². The van der Waals surface area contributed by atoms with Crippen LogP contribution >= 0.6 is 0 Å². The van der Waals surface area contributed by atoms with Crippen LogP contribution in [0.5, 0.6) is 5.75 Å². The lowest BCUT2D eigenvalue weighted by molar-refractivity contribution is -0.154. The van der Waals surface area contributed by atoms with Crippen molar-refractivity contribution in [3.8, 4) is 5.75 Å². The Morgan fingerprint density at radius 2 is 2.00 bits per heavy atom. The molecule has 0 radical (unpaired) electrons. The van der Waals surface area contributed by atoms with E-state index in [2.05, 4.69) is 10.1 Å². The van der Waals surface area contributed by atoms with E-state index in [0.717, 1.165) is 23.3 Å². The molecule has 1 aromatic carbocycles. The Hall–Kier alpha value is -2.04. The monoisotopic (exact) mass is 265 g/mol. The number of benzene rings is 1. The van der Waals surface area contributed by atoms with Crippen LogP contribution in [-0.4, -0.2) is 25.6 Å². The Morgan fingerprint density at radius 1 is 1.26 bits per heavy atom. The van der Waals surface area contributed by atoms with Gasteiger partial charge in [-0.3, -0.25) is 4.79 Å². The number of methoxy groups -OCH3 is 1. The number of ether oxygens (including phenoxy) is 2. The molecular formula is C14H19NO4. The summed E-state index contributed by atoms with van der Waals surface area (Å²) in [7, 11) is 1.62. The van der Waals surface area contributed by atoms with Crippen LogP contribution in [0, 0.1) is 0 Å². The standard InChI is InChI=1S/C14H19NO4/c1-4-11-8-10(6-7-12(11)18-3)9-15-13(16)14(17)19-5-2/h6-8H,4-5,9H2,1-3H3,(H,15,16). The zero-order valence-corrected chi connectivity index (χ0v) is 11.5. The van der Waals surface area contributed by atoms with Crippen LogP contribution in [0.4, 0.5) is 0 Å². The number of amides is 1. The zero-order chi connectivity index (χ0) is 14.3. The van der Waals surface area contributed by atoms with E-state index >= 15 is 0 Å². The summed E-state index contributed by atoms with van der Waals surface area (Å²) in [6, 6.07) is 5.65. The second-order valence-electron chi connectivity index (χ2n) is 3.90. The summed E-state index contributed by atoms with van der Waals surface area (Å²) in [6.45, 7) is 4.16. The van der Waals surface area contributed by atoms with Gasteiger partial charge in [0.05, 0.1) is 13.7 Å². The van der Waals surface area contributed by atoms with Crippen LogP contribution in [-0.2, 0) is 27.3 Å². The van der Waals surface area contributed by atoms with E-state index in [-0.39, 0.29) is 13.2 Å². The predicted molar refractivity (Wildman–Crippen MR) is 70.9 cm³/mol. The maximum atomic E-state index is 11.4. The van der Waals surface area contributed by atoms with Gasteiger partial charge in [-0.2, -0.15) is 0 Å². The van der Waals surface area contributed by atoms with Crippen molar-refractivity contribution in [3.63, 3.8) is 0 Å². The molecule has 0 atom stereocenters. The molecule has 0 aliphatic heterocycles. The maximum Gasteiger partial charge on any atom is 0.396 e. The van der Waals surface area contributed by atoms with E-state index in [9.17, 15) is 9.59 Å². The number of carbonyl (C=O) groups is 2. The molecule has 0 aliphatic rings. The van der Waals surface area contributed by atoms with Crippen molar-refractivity contribution >= 4 is 11.9 Å². The van der Waals surface area contributed by atoms with E-state index in [4.69, 9.17) is 4.74 Å². The van der Waals surface area contributed by atoms with Crippen LogP contribution in [0.3, 0.4) is 0 Å². The summed E-state index contributed by atoms with van der Waals surface area (Å²) < 4.78 is 9.83. The highest BCUT2D eigenvalue weighted by Crippen LogP contribution is 2.20. The summed E-state index contributed by atoms with van der Waals surface area (Å²) in [5.41, 5.74) is 1.97. The lowest BCUT2D eigenvalue weighted by atomic mass is 10.1. The summed E-state index contributed by atoms with van der Waals surface area (Å²) >= 11 is 0. The second-order valence-corrected chi connectivity index (χ2v) is 3.90. The molecule has 0 bridgehead atoms. The van der Waals surface area contributed by atoms with E-state index < -0.39 is 11.9 Å². The molecule has 0 aromatic heterocycles. The summed E-state index contributed by atoms with van der Waals surface area (Å²) in [4.78, 5) is 22.5. The first-order valence-electron chi connectivity index (χ1n) is 6.23. The molecule has 104 valence electrons. The minimum Gasteiger partial charge on any atom is -0.496 e. The minimum atomic E-state index is -0.855. The quantitative estimate of drug-likeness (QED) is 0.646. The lowest BCUT2D eigenvalue weighted by Crippen LogP contribution is -2.32. The highest BCUT2D eigenvalue weighted by atomic mass is 16.5. The largest absolute Gasteiger partial charge is 0.496 e. The molecule has 1 rings (SSSR count). The molecule has 1 N–H and O–H groups in total. The van der Waals surface area contributed by atoms with Crippen LogP contribution in [0.15, 0.2) is 18.2 Å². The van der Waals surface area contributed by atoms with Gasteiger partial charge in [0.2, 0.25) is 0 Å². The van der Waals surface area contributed by atoms with Crippen molar-refractivity contribution in [1.82, 2.24) is 5.32 Å². The fourth-order valence-corrected chi connectivity index (χ4v) is 1.67. The maximum absolute atomic E-state index is 11.4. The Bertz CT molecular complexity index is 457. The zero-order valence-electron chi connectivity index (χ0n) is 11.5. The highest BCUT2D eigenvalue weighted by molar-refractivity contribution is 6.32. The molecular weight excluding hydrogens is 246 g/mol. The van der Waals surface area contributed by atoms with Gasteiger partial charge in [0.15, 0.2) is 0 Å². The van der Waals surface area contributed by atoms with Gasteiger partial charge < -0.3 is 14.8 Å². The molecule has 0 saturated carbocycles. The fraction of sp³-hybridized carbons (Fsp3) is 0.429. The van der Waals surface area contributed by atoms with Crippen LogP contribution in [0.2, 0.25) is 0 Å². The van der Waals surface area contributed by atoms with Crippen molar-refractivity contribution in [2.75, 3.05) is 13.7 Å². The number of hydrogen-bond donors (Lipinski definition) is 1. The molecule has 0 heterocycles. The smallest absolute Gasteiger partial charge is 0.396 e. The molecule has 5 nitrogen and oxygen atoms in total. The molecule has 0 aliphatic carbocycles. The van der Waals surface area contributed by atoms with Crippen molar-refractivity contribution in [2.24, 2.45) is 0 Å². The summed E-state index contributed by atoms with van der Waals surface area (Å²) in [5.74, 6) is -0.759. The van der Waals surface area contributed by atoms with E-state index in [1.165, 1.54) is 0 Å². The first-order chi connectivity index (χ1) is 9.12. The van der Waals surface area contributed by atoms with E-state index in [0.29, 0.717) is 0 Å². The van der Waals surface area contributed by atoms with Crippen molar-refractivity contribution in [1.29, 1.82) is 0 Å². The Morgan fingerprint density at radius 3 is 2.58 bits per heavy atom. The first-order valence-corrected chi connectivity index (χ1v) is 6.23. The Kier molecular flexibility index (Phi) is 5.85. The van der Waals surface area contributed by atoms with Crippen molar-refractivity contribution in [2.45, 2.75) is 26.8 Å². The minimum absolute atomic E-state index is 0.189. The van der Waals surface area contributed by atoms with Gasteiger partial charge in [-0.1, -0.05) is 19.1 Å². The number of rotatable bonds is 5. The number of nitrogens with one attached hydrogen (secondary N) is 1. The van der Waals surface area contributed by atoms with Crippen molar-refractivity contribution in [3.05, 3.63) is 29.3 Å².